The van der Waals surface area contributed by atoms with Crippen LogP contribution in [0.25, 0.3) is 21.9 Å². The molecule has 0 aliphatic carbocycles. The fourth-order valence-electron chi connectivity index (χ4n) is 4.73. The molecule has 0 spiro atoms. The molecule has 2 aliphatic heterocycles. The summed E-state index contributed by atoms with van der Waals surface area (Å²) in [5.41, 5.74) is 1.60. The second-order valence-electron chi connectivity index (χ2n) is 8.54. The standard InChI is InChI=1S/C26H16ClFN4O5/c1-12-17(10-30-23-22(12)31(26(35)36)6-7-37-23)16-8-13-9-19(29-11-18(13)20(27)21(16)28)32-24(33)14-4-2-3-5-15(14)25(32)34/h2-5,8-11H,6-7H2,1H3,(H,35,36). The third-order valence-electron chi connectivity index (χ3n) is 6.53. The van der Waals surface area contributed by atoms with Crippen LogP contribution in [0.2, 0.25) is 5.02 Å². The lowest BCUT2D eigenvalue weighted by molar-refractivity contribution is 0.0925. The van der Waals surface area contributed by atoms with Crippen LogP contribution in [0.4, 0.5) is 20.7 Å². The van der Waals surface area contributed by atoms with E-state index in [0.717, 1.165) is 9.80 Å². The molecule has 0 fully saturated rings. The molecule has 4 heterocycles. The van der Waals surface area contributed by atoms with Crippen molar-refractivity contribution < 1.29 is 28.6 Å². The molecule has 0 atom stereocenters. The van der Waals surface area contributed by atoms with Gasteiger partial charge >= 0.3 is 6.09 Å². The smallest absolute Gasteiger partial charge is 0.412 e. The fourth-order valence-corrected chi connectivity index (χ4v) is 4.99. The van der Waals surface area contributed by atoms with Gasteiger partial charge in [-0.1, -0.05) is 23.7 Å². The van der Waals surface area contributed by atoms with E-state index in [9.17, 15) is 19.5 Å². The lowest BCUT2D eigenvalue weighted by atomic mass is 9.97. The van der Waals surface area contributed by atoms with E-state index < -0.39 is 23.7 Å². The summed E-state index contributed by atoms with van der Waals surface area (Å²) < 4.78 is 21.0. The Morgan fingerprint density at radius 1 is 1.05 bits per heavy atom. The molecule has 37 heavy (non-hydrogen) atoms. The van der Waals surface area contributed by atoms with Crippen molar-refractivity contribution in [1.82, 2.24) is 9.97 Å². The summed E-state index contributed by atoms with van der Waals surface area (Å²) in [7, 11) is 0. The number of halogens is 2. The Hall–Kier alpha value is -4.57. The number of rotatable bonds is 2. The molecule has 0 saturated heterocycles. The van der Waals surface area contributed by atoms with Crippen LogP contribution in [0, 0.1) is 12.7 Å². The summed E-state index contributed by atoms with van der Waals surface area (Å²) in [5, 5.41) is 10.1. The van der Waals surface area contributed by atoms with Crippen molar-refractivity contribution in [1.29, 1.82) is 0 Å². The second kappa shape index (κ2) is 8.24. The zero-order valence-corrected chi connectivity index (χ0v) is 19.9. The number of pyridine rings is 2. The van der Waals surface area contributed by atoms with Gasteiger partial charge in [0.15, 0.2) is 0 Å². The molecule has 9 nitrogen and oxygen atoms in total. The van der Waals surface area contributed by atoms with Crippen molar-refractivity contribution in [2.45, 2.75) is 6.92 Å². The normalized spacial score (nSPS) is 14.6. The molecule has 0 saturated carbocycles. The van der Waals surface area contributed by atoms with E-state index in [2.05, 4.69) is 9.97 Å². The summed E-state index contributed by atoms with van der Waals surface area (Å²) in [5.74, 6) is -1.56. The molecule has 3 amide bonds. The van der Waals surface area contributed by atoms with Gasteiger partial charge in [0.25, 0.3) is 11.8 Å². The van der Waals surface area contributed by atoms with Gasteiger partial charge in [-0.25, -0.2) is 24.1 Å². The van der Waals surface area contributed by atoms with Gasteiger partial charge in [-0.05, 0) is 42.1 Å². The zero-order chi connectivity index (χ0) is 26.0. The number of aromatic nitrogens is 2. The van der Waals surface area contributed by atoms with Crippen molar-refractivity contribution >= 4 is 51.8 Å². The van der Waals surface area contributed by atoms with Gasteiger partial charge < -0.3 is 9.84 Å². The number of benzene rings is 2. The largest absolute Gasteiger partial charge is 0.474 e. The molecule has 0 bridgehead atoms. The molecule has 0 radical (unpaired) electrons. The van der Waals surface area contributed by atoms with Gasteiger partial charge in [0.2, 0.25) is 5.88 Å². The van der Waals surface area contributed by atoms with Crippen molar-refractivity contribution in [2.75, 3.05) is 23.0 Å². The molecule has 4 aromatic rings. The van der Waals surface area contributed by atoms with Crippen LogP contribution in [0.3, 0.4) is 0 Å². The maximum Gasteiger partial charge on any atom is 0.412 e. The van der Waals surface area contributed by atoms with E-state index in [4.69, 9.17) is 16.3 Å². The number of hydrogen-bond donors (Lipinski definition) is 1. The predicted octanol–water partition coefficient (Wildman–Crippen LogP) is 5.08. The summed E-state index contributed by atoms with van der Waals surface area (Å²) in [6.45, 7) is 1.90. The molecule has 11 heteroatoms. The Balaban J connectivity index is 1.50. The van der Waals surface area contributed by atoms with Crippen LogP contribution >= 0.6 is 11.6 Å². The number of imide groups is 1. The first-order valence-corrected chi connectivity index (χ1v) is 11.5. The number of carbonyl (C=O) groups is 3. The Morgan fingerprint density at radius 2 is 1.76 bits per heavy atom. The highest BCUT2D eigenvalue weighted by atomic mass is 35.5. The van der Waals surface area contributed by atoms with Crippen molar-refractivity contribution in [3.8, 4) is 17.0 Å². The van der Waals surface area contributed by atoms with Crippen molar-refractivity contribution in [3.63, 3.8) is 0 Å². The summed E-state index contributed by atoms with van der Waals surface area (Å²) in [6, 6.07) is 9.46. The molecule has 2 aromatic carbocycles. The van der Waals surface area contributed by atoms with Crippen LogP contribution in [0.1, 0.15) is 26.3 Å². The third-order valence-corrected chi connectivity index (χ3v) is 6.90. The number of amides is 3. The van der Waals surface area contributed by atoms with Gasteiger partial charge in [0, 0.05) is 28.9 Å². The molecule has 1 N–H and O–H groups in total. The number of fused-ring (bicyclic) bond motifs is 3. The van der Waals surface area contributed by atoms with E-state index in [-0.39, 0.29) is 57.6 Å². The van der Waals surface area contributed by atoms with Gasteiger partial charge in [0.1, 0.15) is 23.9 Å². The van der Waals surface area contributed by atoms with Crippen LogP contribution in [-0.2, 0) is 0 Å². The fraction of sp³-hybridized carbons (Fsp3) is 0.115. The van der Waals surface area contributed by atoms with Crippen molar-refractivity contribution in [2.24, 2.45) is 0 Å². The number of carbonyl (C=O) groups excluding carboxylic acids is 2. The molecule has 2 aromatic heterocycles. The maximum absolute atomic E-state index is 15.5. The molecule has 184 valence electrons. The monoisotopic (exact) mass is 518 g/mol. The van der Waals surface area contributed by atoms with Crippen molar-refractivity contribution in [3.05, 3.63) is 76.3 Å². The summed E-state index contributed by atoms with van der Waals surface area (Å²) in [6.07, 6.45) is 1.52. The minimum atomic E-state index is -1.18. The summed E-state index contributed by atoms with van der Waals surface area (Å²) >= 11 is 6.39. The third kappa shape index (κ3) is 3.33. The van der Waals surface area contributed by atoms with E-state index >= 15 is 4.39 Å². The Labute approximate surface area is 213 Å². The second-order valence-corrected chi connectivity index (χ2v) is 8.92. The first-order chi connectivity index (χ1) is 17.8. The molecule has 6 rings (SSSR count). The minimum absolute atomic E-state index is 0.0677. The highest BCUT2D eigenvalue weighted by Gasteiger charge is 2.37. The first kappa shape index (κ1) is 22.9. The minimum Gasteiger partial charge on any atom is -0.474 e. The maximum atomic E-state index is 15.5. The first-order valence-electron chi connectivity index (χ1n) is 11.2. The molecular weight excluding hydrogens is 503 g/mol. The molecule has 0 unspecified atom stereocenters. The van der Waals surface area contributed by atoms with E-state index in [0.29, 0.717) is 16.5 Å². The molecule has 2 aliphatic rings. The topological polar surface area (TPSA) is 113 Å². The summed E-state index contributed by atoms with van der Waals surface area (Å²) in [4.78, 5) is 48.1. The number of carboxylic acid groups (broad SMARTS) is 1. The van der Waals surface area contributed by atoms with Crippen LogP contribution in [-0.4, -0.2) is 46.1 Å². The number of hydrogen-bond acceptors (Lipinski definition) is 6. The highest BCUT2D eigenvalue weighted by Crippen LogP contribution is 2.42. The zero-order valence-electron chi connectivity index (χ0n) is 19.2. The van der Waals surface area contributed by atoms with Gasteiger partial charge in [-0.15, -0.1) is 0 Å². The number of ether oxygens (including phenoxy) is 1. The Bertz CT molecular complexity index is 1660. The lowest BCUT2D eigenvalue weighted by Crippen LogP contribution is -2.37. The van der Waals surface area contributed by atoms with Gasteiger partial charge in [-0.2, -0.15) is 0 Å². The van der Waals surface area contributed by atoms with Crippen LogP contribution in [0.5, 0.6) is 5.88 Å². The van der Waals surface area contributed by atoms with E-state index in [1.807, 2.05) is 0 Å². The SMILES string of the molecule is Cc1c(-c2cc3cc(N4C(=O)c5ccccc5C4=O)ncc3c(Cl)c2F)cnc2c1N(C(=O)O)CCO2. The lowest BCUT2D eigenvalue weighted by Gasteiger charge is -2.28. The predicted molar refractivity (Wildman–Crippen MR) is 133 cm³/mol. The Kier molecular flexibility index (Phi) is 5.09. The number of nitrogens with zero attached hydrogens (tertiary/aromatic N) is 4. The number of anilines is 2. The molecular formula is C26H16ClFN4O5. The Morgan fingerprint density at radius 3 is 2.43 bits per heavy atom. The van der Waals surface area contributed by atoms with E-state index in [1.165, 1.54) is 24.5 Å². The van der Waals surface area contributed by atoms with Gasteiger partial charge in [0.05, 0.1) is 22.7 Å². The van der Waals surface area contributed by atoms with Crippen LogP contribution < -0.4 is 14.5 Å². The average molecular weight is 519 g/mol. The average Bonchev–Trinajstić information content (AvgIpc) is 3.16. The van der Waals surface area contributed by atoms with Crippen LogP contribution in [0.15, 0.2) is 48.8 Å². The van der Waals surface area contributed by atoms with Gasteiger partial charge in [-0.3, -0.25) is 14.5 Å². The highest BCUT2D eigenvalue weighted by molar-refractivity contribution is 6.37. The quantitative estimate of drug-likeness (QED) is 0.368. The van der Waals surface area contributed by atoms with E-state index in [1.54, 1.807) is 31.2 Å².